The van der Waals surface area contributed by atoms with Crippen LogP contribution in [0.25, 0.3) is 0 Å². The van der Waals surface area contributed by atoms with Gasteiger partial charge in [-0.05, 0) is 77.2 Å². The molecule has 0 fully saturated rings. The van der Waals surface area contributed by atoms with Gasteiger partial charge in [-0.3, -0.25) is 4.79 Å². The van der Waals surface area contributed by atoms with Crippen LogP contribution in [-0.2, 0) is 45.7 Å². The third-order valence-corrected chi connectivity index (χ3v) is 11.6. The highest BCUT2D eigenvalue weighted by molar-refractivity contribution is 7.89. The molecule has 0 bridgehead atoms. The number of hydrogen-bond donors (Lipinski definition) is 2. The summed E-state index contributed by atoms with van der Waals surface area (Å²) in [5, 5.41) is 9.88. The number of nitrogens with one attached hydrogen (secondary N) is 1. The summed E-state index contributed by atoms with van der Waals surface area (Å²) >= 11 is 0. The fourth-order valence-electron chi connectivity index (χ4n) is 6.85. The third kappa shape index (κ3) is 12.0. The molecule has 65 heavy (non-hydrogen) atoms. The van der Waals surface area contributed by atoms with E-state index in [9.17, 15) is 23.1 Å². The summed E-state index contributed by atoms with van der Waals surface area (Å²) < 4.78 is 59.7. The number of phenolic OH excluding ortho intramolecular Hbond substituents is 1. The van der Waals surface area contributed by atoms with Crippen molar-refractivity contribution in [3.63, 3.8) is 0 Å². The van der Waals surface area contributed by atoms with Gasteiger partial charge in [0.05, 0.1) is 34.7 Å². The topological polar surface area (TPSA) is 164 Å². The Labute approximate surface area is 377 Å². The number of phenols is 1. The minimum Gasteiger partial charge on any atom is -0.508 e. The Morgan fingerprint density at radius 2 is 1.05 bits per heavy atom. The summed E-state index contributed by atoms with van der Waals surface area (Å²) in [4.78, 5) is 42.9. The number of carbonyl (C=O) groups excluding carboxylic acids is 3. The summed E-state index contributed by atoms with van der Waals surface area (Å²) in [7, 11) is -2.86. The molecule has 0 aliphatic carbocycles. The van der Waals surface area contributed by atoms with Gasteiger partial charge in [0.15, 0.2) is 0 Å². The second-order valence-corrected chi connectivity index (χ2v) is 16.5. The van der Waals surface area contributed by atoms with Crippen molar-refractivity contribution < 1.29 is 51.6 Å². The van der Waals surface area contributed by atoms with E-state index < -0.39 is 40.4 Å². The van der Waals surface area contributed by atoms with Crippen molar-refractivity contribution in [3.05, 3.63) is 220 Å². The predicted octanol–water partition coefficient (Wildman–Crippen LogP) is 8.89. The molecule has 0 saturated carbocycles. The molecular weight excluding hydrogens is 847 g/mol. The summed E-state index contributed by atoms with van der Waals surface area (Å²) in [6.45, 7) is -0.421. The monoisotopic (exact) mass is 891 g/mol. The fraction of sp³-hybridized carbons (Fsp3) is 0.135. The highest BCUT2D eigenvalue weighted by Gasteiger charge is 2.31. The summed E-state index contributed by atoms with van der Waals surface area (Å²) in [6, 6.07) is 48.0. The lowest BCUT2D eigenvalue weighted by molar-refractivity contribution is 0.0472. The SMILES string of the molecule is COC(=O)c1cccc(OCc2ccccc2)c1C(=O)c1c(OCc2ccccc2)cc(C(=O)OC[C@H](Cc2ccc(O)cc2)NS(=O)(=O)c2ccccc2)cc1OCc1ccccc1. The maximum absolute atomic E-state index is 15.3. The second kappa shape index (κ2) is 21.6. The normalized spacial score (nSPS) is 11.5. The molecule has 7 aromatic rings. The fourth-order valence-corrected chi connectivity index (χ4v) is 8.10. The van der Waals surface area contributed by atoms with Gasteiger partial charge in [-0.15, -0.1) is 0 Å². The average Bonchev–Trinajstić information content (AvgIpc) is 3.34. The molecule has 0 radical (unpaired) electrons. The lowest BCUT2D eigenvalue weighted by Crippen LogP contribution is -2.40. The molecule has 7 aromatic carbocycles. The van der Waals surface area contributed by atoms with Crippen LogP contribution in [0.1, 0.15) is 58.9 Å². The first-order valence-electron chi connectivity index (χ1n) is 20.5. The van der Waals surface area contributed by atoms with Crippen LogP contribution in [-0.4, -0.2) is 51.0 Å². The Morgan fingerprint density at radius 3 is 1.55 bits per heavy atom. The van der Waals surface area contributed by atoms with E-state index in [0.29, 0.717) is 5.56 Å². The Hall–Kier alpha value is -7.74. The summed E-state index contributed by atoms with van der Waals surface area (Å²) in [5.74, 6) is -2.42. The lowest BCUT2D eigenvalue weighted by atomic mass is 9.94. The zero-order valence-electron chi connectivity index (χ0n) is 35.3. The van der Waals surface area contributed by atoms with Crippen molar-refractivity contribution in [3.8, 4) is 23.0 Å². The number of esters is 2. The molecule has 7 rings (SSSR count). The Kier molecular flexibility index (Phi) is 15.0. The van der Waals surface area contributed by atoms with E-state index in [4.69, 9.17) is 23.7 Å². The molecule has 0 aliphatic rings. The van der Waals surface area contributed by atoms with Crippen LogP contribution in [0.4, 0.5) is 0 Å². The number of benzene rings is 7. The van der Waals surface area contributed by atoms with Crippen LogP contribution < -0.4 is 18.9 Å². The van der Waals surface area contributed by atoms with Crippen molar-refractivity contribution in [2.75, 3.05) is 13.7 Å². The van der Waals surface area contributed by atoms with E-state index in [2.05, 4.69) is 4.72 Å². The van der Waals surface area contributed by atoms with Gasteiger partial charge in [-0.25, -0.2) is 22.7 Å². The number of ether oxygens (including phenoxy) is 5. The Bertz CT molecular complexity index is 2760. The minimum absolute atomic E-state index is 0.0186. The van der Waals surface area contributed by atoms with Crippen LogP contribution in [0.3, 0.4) is 0 Å². The molecule has 1 atom stereocenters. The van der Waals surface area contributed by atoms with Gasteiger partial charge in [0.25, 0.3) is 0 Å². The number of aromatic hydroxyl groups is 1. The largest absolute Gasteiger partial charge is 0.508 e. The number of carbonyl (C=O) groups is 3. The Morgan fingerprint density at radius 1 is 0.554 bits per heavy atom. The van der Waals surface area contributed by atoms with E-state index in [1.807, 2.05) is 91.0 Å². The van der Waals surface area contributed by atoms with Crippen molar-refractivity contribution >= 4 is 27.7 Å². The van der Waals surface area contributed by atoms with E-state index >= 15 is 4.79 Å². The quantitative estimate of drug-likeness (QED) is 0.0555. The molecule has 13 heteroatoms. The highest BCUT2D eigenvalue weighted by Crippen LogP contribution is 2.38. The van der Waals surface area contributed by atoms with Gasteiger partial charge < -0.3 is 28.8 Å². The predicted molar refractivity (Wildman–Crippen MR) is 243 cm³/mol. The molecule has 0 aliphatic heterocycles. The molecule has 12 nitrogen and oxygen atoms in total. The lowest BCUT2D eigenvalue weighted by Gasteiger charge is -2.21. The third-order valence-electron chi connectivity index (χ3n) is 10.1. The van der Waals surface area contributed by atoms with E-state index in [1.54, 1.807) is 42.5 Å². The zero-order chi connectivity index (χ0) is 45.6. The van der Waals surface area contributed by atoms with Gasteiger partial charge in [0.2, 0.25) is 15.8 Å². The molecule has 0 unspecified atom stereocenters. The summed E-state index contributed by atoms with van der Waals surface area (Å²) in [5.41, 5.74) is 2.57. The van der Waals surface area contributed by atoms with E-state index in [1.165, 1.54) is 49.6 Å². The number of sulfonamides is 1. The van der Waals surface area contributed by atoms with E-state index in [0.717, 1.165) is 16.7 Å². The molecule has 0 amide bonds. The van der Waals surface area contributed by atoms with Gasteiger partial charge in [0.1, 0.15) is 55.0 Å². The second-order valence-electron chi connectivity index (χ2n) is 14.8. The van der Waals surface area contributed by atoms with Crippen molar-refractivity contribution in [1.82, 2.24) is 4.72 Å². The zero-order valence-corrected chi connectivity index (χ0v) is 36.1. The number of ketones is 1. The number of rotatable bonds is 20. The van der Waals surface area contributed by atoms with Gasteiger partial charge in [-0.1, -0.05) is 127 Å². The van der Waals surface area contributed by atoms with Crippen LogP contribution in [0, 0.1) is 0 Å². The van der Waals surface area contributed by atoms with Crippen molar-refractivity contribution in [2.45, 2.75) is 37.2 Å². The molecule has 2 N–H and O–H groups in total. The highest BCUT2D eigenvalue weighted by atomic mass is 32.2. The van der Waals surface area contributed by atoms with Crippen LogP contribution in [0.5, 0.6) is 23.0 Å². The number of hydrogen-bond acceptors (Lipinski definition) is 11. The molecular formula is C52H45NO11S. The molecule has 0 spiro atoms. The van der Waals surface area contributed by atoms with Crippen LogP contribution >= 0.6 is 0 Å². The first-order chi connectivity index (χ1) is 31.6. The smallest absolute Gasteiger partial charge is 0.338 e. The van der Waals surface area contributed by atoms with Gasteiger partial charge in [0, 0.05) is 0 Å². The molecule has 0 aromatic heterocycles. The van der Waals surface area contributed by atoms with E-state index in [-0.39, 0.29) is 76.4 Å². The first-order valence-corrected chi connectivity index (χ1v) is 22.0. The average molecular weight is 892 g/mol. The first kappa shape index (κ1) is 45.3. The summed E-state index contributed by atoms with van der Waals surface area (Å²) in [6.07, 6.45) is 0.0955. The van der Waals surface area contributed by atoms with Crippen molar-refractivity contribution in [1.29, 1.82) is 0 Å². The molecule has 330 valence electrons. The molecule has 0 saturated heterocycles. The maximum atomic E-state index is 15.3. The van der Waals surface area contributed by atoms with Gasteiger partial charge in [-0.2, -0.15) is 0 Å². The van der Waals surface area contributed by atoms with Gasteiger partial charge >= 0.3 is 11.9 Å². The molecule has 0 heterocycles. The van der Waals surface area contributed by atoms with Crippen molar-refractivity contribution in [2.24, 2.45) is 0 Å². The standard InChI is InChI=1S/C52H45NO11S/c1-60-52(57)44-23-14-24-45(61-32-37-15-6-2-7-16-37)48(44)50(55)49-46(62-33-38-17-8-3-9-18-38)30-40(31-47(49)63-34-39-19-10-4-11-20-39)51(56)64-35-41(29-36-25-27-42(54)28-26-36)53-65(58,59)43-21-12-5-13-22-43/h2-28,30-31,41,53-54H,29,32-35H2,1H3/t41-/m0/s1. The van der Waals surface area contributed by atoms with Crippen LogP contribution in [0.2, 0.25) is 0 Å². The maximum Gasteiger partial charge on any atom is 0.338 e. The Balaban J connectivity index is 1.29. The minimum atomic E-state index is -4.07. The van der Waals surface area contributed by atoms with Crippen LogP contribution in [0.15, 0.2) is 181 Å². The number of methoxy groups -OCH3 is 1.